The summed E-state index contributed by atoms with van der Waals surface area (Å²) in [6, 6.07) is 13.8. The van der Waals surface area contributed by atoms with Crippen LogP contribution in [0, 0.1) is 25.7 Å². The molecule has 0 saturated heterocycles. The van der Waals surface area contributed by atoms with Gasteiger partial charge in [0.05, 0.1) is 22.3 Å². The summed E-state index contributed by atoms with van der Waals surface area (Å²) in [6.07, 6.45) is 4.91. The molecule has 1 N–H and O–H groups in total. The number of aryl methyl sites for hydroxylation is 2. The minimum Gasteiger partial charge on any atom is -0.352 e. The van der Waals surface area contributed by atoms with Crippen molar-refractivity contribution in [3.05, 3.63) is 63.9 Å². The fourth-order valence-corrected chi connectivity index (χ4v) is 5.69. The van der Waals surface area contributed by atoms with Crippen LogP contribution in [0.4, 0.5) is 0 Å². The zero-order chi connectivity index (χ0) is 23.4. The molecule has 174 valence electrons. The van der Waals surface area contributed by atoms with Gasteiger partial charge in [0.1, 0.15) is 0 Å². The summed E-state index contributed by atoms with van der Waals surface area (Å²) in [5.41, 5.74) is 3.51. The van der Waals surface area contributed by atoms with Crippen LogP contribution in [0.2, 0.25) is 0 Å². The Kier molecular flexibility index (Phi) is 5.21. The number of rotatable bonds is 7. The van der Waals surface area contributed by atoms with Crippen molar-refractivity contribution in [2.45, 2.75) is 50.7 Å². The molecule has 6 rings (SSSR count). The fraction of sp³-hybridized carbons (Fsp3) is 0.385. The van der Waals surface area contributed by atoms with E-state index >= 15 is 0 Å². The van der Waals surface area contributed by atoms with E-state index in [0.717, 1.165) is 22.3 Å². The van der Waals surface area contributed by atoms with Crippen molar-refractivity contribution in [3.8, 4) is 5.69 Å². The van der Waals surface area contributed by atoms with Crippen LogP contribution in [0.5, 0.6) is 0 Å². The van der Waals surface area contributed by atoms with Gasteiger partial charge in [-0.1, -0.05) is 41.6 Å². The summed E-state index contributed by atoms with van der Waals surface area (Å²) >= 11 is 1.36. The molecular formula is C26H27N5O2S. The lowest BCUT2D eigenvalue weighted by molar-refractivity contribution is -0.119. The van der Waals surface area contributed by atoms with E-state index in [0.29, 0.717) is 34.2 Å². The van der Waals surface area contributed by atoms with Crippen molar-refractivity contribution in [3.63, 3.8) is 0 Å². The summed E-state index contributed by atoms with van der Waals surface area (Å²) in [7, 11) is 0. The maximum atomic E-state index is 13.5. The lowest BCUT2D eigenvalue weighted by Crippen LogP contribution is -2.39. The summed E-state index contributed by atoms with van der Waals surface area (Å²) in [6.45, 7) is 4.02. The standard InChI is InChI=1S/C26H27N5O2S/c1-15-7-12-20(16(2)13-15)30-24(33)19-5-3-4-6-21(19)31-25(30)28-29-26(31)34-14-22(32)27-23(17-8-9-17)18-10-11-18/h3-7,12-13,17-18,23H,8-11,14H2,1-2H3,(H,27,32). The second-order valence-corrected chi connectivity index (χ2v) is 10.6. The van der Waals surface area contributed by atoms with Crippen molar-refractivity contribution in [1.29, 1.82) is 0 Å². The highest BCUT2D eigenvalue weighted by molar-refractivity contribution is 7.99. The molecule has 0 bridgehead atoms. The van der Waals surface area contributed by atoms with Gasteiger partial charge in [-0.15, -0.1) is 10.2 Å². The van der Waals surface area contributed by atoms with Gasteiger partial charge in [-0.25, -0.2) is 4.57 Å². The average Bonchev–Trinajstić information content (AvgIpc) is 3.75. The summed E-state index contributed by atoms with van der Waals surface area (Å²) < 4.78 is 3.53. The van der Waals surface area contributed by atoms with Crippen LogP contribution in [0.1, 0.15) is 36.8 Å². The van der Waals surface area contributed by atoms with Crippen LogP contribution < -0.4 is 10.9 Å². The molecule has 2 heterocycles. The average molecular weight is 474 g/mol. The van der Waals surface area contributed by atoms with E-state index in [-0.39, 0.29) is 17.2 Å². The molecule has 2 aromatic heterocycles. The molecule has 2 aromatic carbocycles. The molecule has 2 saturated carbocycles. The number of carbonyl (C=O) groups is 1. The smallest absolute Gasteiger partial charge is 0.267 e. The van der Waals surface area contributed by atoms with Gasteiger partial charge < -0.3 is 5.32 Å². The number of aromatic nitrogens is 4. The van der Waals surface area contributed by atoms with Crippen LogP contribution in [-0.4, -0.2) is 36.9 Å². The Labute approximate surface area is 201 Å². The highest BCUT2D eigenvalue weighted by Crippen LogP contribution is 2.44. The first-order valence-electron chi connectivity index (χ1n) is 11.9. The number of hydrogen-bond donors (Lipinski definition) is 1. The summed E-state index contributed by atoms with van der Waals surface area (Å²) in [5.74, 6) is 2.08. The number of thioether (sulfide) groups is 1. The third-order valence-corrected chi connectivity index (χ3v) is 7.84. The van der Waals surface area contributed by atoms with Crippen LogP contribution in [0.15, 0.2) is 52.4 Å². The van der Waals surface area contributed by atoms with E-state index in [1.165, 1.54) is 37.4 Å². The normalized spacial score (nSPS) is 16.0. The zero-order valence-electron chi connectivity index (χ0n) is 19.3. The van der Waals surface area contributed by atoms with Crippen molar-refractivity contribution in [1.82, 2.24) is 24.5 Å². The van der Waals surface area contributed by atoms with Crippen molar-refractivity contribution < 1.29 is 4.79 Å². The minimum atomic E-state index is -0.131. The molecule has 2 fully saturated rings. The van der Waals surface area contributed by atoms with Gasteiger partial charge in [-0.3, -0.25) is 14.0 Å². The third kappa shape index (κ3) is 3.79. The maximum Gasteiger partial charge on any atom is 0.267 e. The van der Waals surface area contributed by atoms with Crippen molar-refractivity contribution in [2.24, 2.45) is 11.8 Å². The fourth-order valence-electron chi connectivity index (χ4n) is 4.93. The minimum absolute atomic E-state index is 0.0394. The van der Waals surface area contributed by atoms with E-state index in [4.69, 9.17) is 0 Å². The van der Waals surface area contributed by atoms with Gasteiger partial charge in [-0.05, 0) is 75.1 Å². The maximum absolute atomic E-state index is 13.5. The Hall–Kier alpha value is -3.13. The summed E-state index contributed by atoms with van der Waals surface area (Å²) in [5, 5.41) is 13.3. The molecule has 0 aliphatic heterocycles. The molecule has 0 atom stereocenters. The van der Waals surface area contributed by atoms with Crippen LogP contribution in [0.3, 0.4) is 0 Å². The van der Waals surface area contributed by atoms with E-state index < -0.39 is 0 Å². The Morgan fingerprint density at radius 1 is 1.09 bits per heavy atom. The predicted molar refractivity (Wildman–Crippen MR) is 134 cm³/mol. The van der Waals surface area contributed by atoms with Gasteiger partial charge in [-0.2, -0.15) is 0 Å². The Morgan fingerprint density at radius 2 is 1.82 bits per heavy atom. The van der Waals surface area contributed by atoms with E-state index in [2.05, 4.69) is 21.6 Å². The zero-order valence-corrected chi connectivity index (χ0v) is 20.1. The predicted octanol–water partition coefficient (Wildman–Crippen LogP) is 4.05. The highest BCUT2D eigenvalue weighted by atomic mass is 32.2. The number of hydrogen-bond acceptors (Lipinski definition) is 5. The SMILES string of the molecule is Cc1ccc(-n2c(=O)c3ccccc3n3c(SCC(=O)NC(C4CC4)C4CC4)nnc23)c(C)c1. The lowest BCUT2D eigenvalue weighted by Gasteiger charge is -2.17. The van der Waals surface area contributed by atoms with E-state index in [1.54, 1.807) is 4.57 Å². The molecule has 8 heteroatoms. The monoisotopic (exact) mass is 473 g/mol. The number of nitrogens with one attached hydrogen (secondary N) is 1. The second kappa shape index (κ2) is 8.27. The largest absolute Gasteiger partial charge is 0.352 e. The van der Waals surface area contributed by atoms with Gasteiger partial charge in [0.2, 0.25) is 11.7 Å². The van der Waals surface area contributed by atoms with Crippen LogP contribution in [-0.2, 0) is 4.79 Å². The number of benzene rings is 2. The first-order chi connectivity index (χ1) is 16.5. The highest BCUT2D eigenvalue weighted by Gasteiger charge is 2.42. The number of fused-ring (bicyclic) bond motifs is 3. The van der Waals surface area contributed by atoms with E-state index in [1.807, 2.05) is 54.6 Å². The number of amides is 1. The number of para-hydroxylation sites is 1. The van der Waals surface area contributed by atoms with E-state index in [9.17, 15) is 9.59 Å². The van der Waals surface area contributed by atoms with Crippen molar-refractivity contribution >= 4 is 34.3 Å². The quantitative estimate of drug-likeness (QED) is 0.410. The molecule has 0 spiro atoms. The molecule has 2 aliphatic carbocycles. The van der Waals surface area contributed by atoms with Gasteiger partial charge >= 0.3 is 0 Å². The molecule has 2 aliphatic rings. The lowest BCUT2D eigenvalue weighted by atomic mass is 10.1. The molecule has 0 unspecified atom stereocenters. The number of nitrogens with zero attached hydrogens (tertiary/aromatic N) is 4. The molecule has 7 nitrogen and oxygen atoms in total. The first kappa shape index (κ1) is 21.4. The molecule has 34 heavy (non-hydrogen) atoms. The van der Waals surface area contributed by atoms with Crippen LogP contribution in [0.25, 0.3) is 22.4 Å². The third-order valence-electron chi connectivity index (χ3n) is 6.91. The van der Waals surface area contributed by atoms with Gasteiger partial charge in [0.25, 0.3) is 5.56 Å². The second-order valence-electron chi connectivity index (χ2n) is 9.62. The van der Waals surface area contributed by atoms with Gasteiger partial charge in [0.15, 0.2) is 5.16 Å². The topological polar surface area (TPSA) is 81.3 Å². The Morgan fingerprint density at radius 3 is 2.53 bits per heavy atom. The summed E-state index contributed by atoms with van der Waals surface area (Å²) in [4.78, 5) is 26.3. The first-order valence-corrected chi connectivity index (χ1v) is 12.9. The van der Waals surface area contributed by atoms with Crippen LogP contribution >= 0.6 is 11.8 Å². The molecular weight excluding hydrogens is 446 g/mol. The number of carbonyl (C=O) groups excluding carboxylic acids is 1. The Bertz CT molecular complexity index is 1470. The molecule has 0 radical (unpaired) electrons. The van der Waals surface area contributed by atoms with Crippen molar-refractivity contribution in [2.75, 3.05) is 5.75 Å². The van der Waals surface area contributed by atoms with Gasteiger partial charge in [0, 0.05) is 6.04 Å². The Balaban J connectivity index is 1.39. The molecule has 1 amide bonds. The molecule has 4 aromatic rings.